The van der Waals surface area contributed by atoms with E-state index in [1.165, 1.54) is 76.2 Å². The van der Waals surface area contributed by atoms with Gasteiger partial charge in [-0.2, -0.15) is 0 Å². The molecule has 33 heavy (non-hydrogen) atoms. The molecule has 1 heteroatoms. The maximum Gasteiger partial charge on any atom is 0.0302 e. The van der Waals surface area contributed by atoms with E-state index in [2.05, 4.69) is 66.4 Å². The quantitative estimate of drug-likeness (QED) is 0.430. The number of aromatic nitrogens is 1. The van der Waals surface area contributed by atoms with E-state index in [1.54, 1.807) is 5.56 Å². The number of nitrogens with zero attached hydrogens (tertiary/aromatic N) is 1. The zero-order valence-corrected chi connectivity index (χ0v) is 23.6. The molecule has 0 spiro atoms. The predicted octanol–water partition coefficient (Wildman–Crippen LogP) is 10.2. The van der Waals surface area contributed by atoms with Crippen LogP contribution in [-0.4, -0.2) is 4.98 Å². The van der Waals surface area contributed by atoms with Crippen LogP contribution in [0.3, 0.4) is 0 Å². The topological polar surface area (TPSA) is 12.9 Å². The SMILES string of the molecule is CC(C)C1CCCCC1C.CC(C)CC1CCCCC1(C)C.CCc1cnccc1C1CC1. The van der Waals surface area contributed by atoms with Gasteiger partial charge in [0.05, 0.1) is 0 Å². The maximum atomic E-state index is 4.13. The highest BCUT2D eigenvalue weighted by atomic mass is 14.6. The molecule has 0 bridgehead atoms. The Morgan fingerprint density at radius 1 is 0.939 bits per heavy atom. The van der Waals surface area contributed by atoms with E-state index in [4.69, 9.17) is 0 Å². The average molecular weight is 456 g/mol. The van der Waals surface area contributed by atoms with E-state index in [9.17, 15) is 0 Å². The molecule has 1 nitrogen and oxygen atoms in total. The summed E-state index contributed by atoms with van der Waals surface area (Å²) in [5, 5.41) is 0. The highest BCUT2D eigenvalue weighted by molar-refractivity contribution is 5.30. The lowest BCUT2D eigenvalue weighted by Crippen LogP contribution is -2.28. The number of aryl methyl sites for hydroxylation is 1. The van der Waals surface area contributed by atoms with Gasteiger partial charge in [-0.25, -0.2) is 0 Å². The largest absolute Gasteiger partial charge is 0.264 e. The summed E-state index contributed by atoms with van der Waals surface area (Å²) in [6.07, 6.45) is 21.0. The Hall–Kier alpha value is -0.850. The van der Waals surface area contributed by atoms with E-state index in [0.29, 0.717) is 5.41 Å². The van der Waals surface area contributed by atoms with Crippen LogP contribution >= 0.6 is 0 Å². The highest BCUT2D eigenvalue weighted by Gasteiger charge is 2.32. The number of hydrogen-bond acceptors (Lipinski definition) is 1. The van der Waals surface area contributed by atoms with Gasteiger partial charge < -0.3 is 0 Å². The van der Waals surface area contributed by atoms with Crippen LogP contribution in [0.4, 0.5) is 0 Å². The summed E-state index contributed by atoms with van der Waals surface area (Å²) in [7, 11) is 0. The molecular formula is C32H57N. The molecule has 3 fully saturated rings. The molecule has 0 amide bonds. The second kappa shape index (κ2) is 13.9. The minimum absolute atomic E-state index is 0.628. The summed E-state index contributed by atoms with van der Waals surface area (Å²) in [4.78, 5) is 4.13. The Labute approximate surface area is 207 Å². The van der Waals surface area contributed by atoms with Crippen LogP contribution < -0.4 is 0 Å². The summed E-state index contributed by atoms with van der Waals surface area (Å²) >= 11 is 0. The summed E-state index contributed by atoms with van der Waals surface area (Å²) < 4.78 is 0. The van der Waals surface area contributed by atoms with Crippen molar-refractivity contribution in [2.45, 2.75) is 138 Å². The van der Waals surface area contributed by atoms with Crippen molar-refractivity contribution in [3.8, 4) is 0 Å². The first-order valence-electron chi connectivity index (χ1n) is 14.6. The minimum Gasteiger partial charge on any atom is -0.264 e. The first-order chi connectivity index (χ1) is 15.7. The Kier molecular flexibility index (Phi) is 11.9. The van der Waals surface area contributed by atoms with E-state index in [0.717, 1.165) is 41.9 Å². The van der Waals surface area contributed by atoms with Crippen molar-refractivity contribution in [2.24, 2.45) is 35.0 Å². The van der Waals surface area contributed by atoms with Gasteiger partial charge in [-0.1, -0.05) is 87.5 Å². The molecule has 3 aliphatic carbocycles. The third kappa shape index (κ3) is 9.73. The smallest absolute Gasteiger partial charge is 0.0302 e. The van der Waals surface area contributed by atoms with Gasteiger partial charge in [-0.15, -0.1) is 0 Å². The summed E-state index contributed by atoms with van der Waals surface area (Å²) in [5.74, 6) is 5.67. The number of hydrogen-bond donors (Lipinski definition) is 0. The molecule has 4 rings (SSSR count). The molecule has 3 aliphatic rings. The van der Waals surface area contributed by atoms with Crippen molar-refractivity contribution < 1.29 is 0 Å². The molecule has 3 unspecified atom stereocenters. The third-order valence-electron chi connectivity index (χ3n) is 8.86. The van der Waals surface area contributed by atoms with E-state index in [1.807, 2.05) is 12.4 Å². The van der Waals surface area contributed by atoms with Crippen LogP contribution in [0, 0.1) is 35.0 Å². The standard InChI is InChI=1S/C12H24.C10H13N.C10H20/c1-10(2)9-11-7-5-6-8-12(11,3)4;1-2-8-7-11-6-5-10(8)9-3-4-9;1-8(2)10-7-5-4-6-9(10)3/h10-11H,5-9H2,1-4H3;5-7,9H,2-4H2,1H3;8-10H,4-7H2,1-3H3. The summed E-state index contributed by atoms with van der Waals surface area (Å²) in [6.45, 7) is 19.0. The van der Waals surface area contributed by atoms with Crippen molar-refractivity contribution >= 4 is 0 Å². The number of rotatable bonds is 5. The van der Waals surface area contributed by atoms with Crippen LogP contribution in [0.5, 0.6) is 0 Å². The predicted molar refractivity (Wildman–Crippen MR) is 147 cm³/mol. The molecule has 1 heterocycles. The van der Waals surface area contributed by atoms with E-state index >= 15 is 0 Å². The van der Waals surface area contributed by atoms with Crippen molar-refractivity contribution in [2.75, 3.05) is 0 Å². The first-order valence-corrected chi connectivity index (χ1v) is 14.6. The molecule has 0 aliphatic heterocycles. The lowest BCUT2D eigenvalue weighted by atomic mass is 9.66. The molecule has 3 saturated carbocycles. The minimum atomic E-state index is 0.628. The molecule has 0 aromatic carbocycles. The molecule has 0 saturated heterocycles. The van der Waals surface area contributed by atoms with E-state index < -0.39 is 0 Å². The van der Waals surface area contributed by atoms with Gasteiger partial charge >= 0.3 is 0 Å². The molecule has 1 aromatic rings. The Morgan fingerprint density at radius 2 is 1.61 bits per heavy atom. The van der Waals surface area contributed by atoms with Gasteiger partial charge in [-0.3, -0.25) is 4.98 Å². The van der Waals surface area contributed by atoms with Crippen LogP contribution in [0.15, 0.2) is 18.5 Å². The van der Waals surface area contributed by atoms with Gasteiger partial charge in [-0.05, 0) is 103 Å². The Balaban J connectivity index is 0.000000176. The second-order valence-electron chi connectivity index (χ2n) is 12.9. The van der Waals surface area contributed by atoms with Crippen LogP contribution in [0.2, 0.25) is 0 Å². The Bertz CT molecular complexity index is 654. The molecule has 1 aromatic heterocycles. The fourth-order valence-electron chi connectivity index (χ4n) is 6.43. The maximum absolute atomic E-state index is 4.13. The van der Waals surface area contributed by atoms with Crippen molar-refractivity contribution in [3.05, 3.63) is 29.6 Å². The molecule has 0 N–H and O–H groups in total. The van der Waals surface area contributed by atoms with Crippen molar-refractivity contribution in [1.82, 2.24) is 4.98 Å². The molecular weight excluding hydrogens is 398 g/mol. The average Bonchev–Trinajstić information content (AvgIpc) is 3.61. The van der Waals surface area contributed by atoms with Gasteiger partial charge in [0.25, 0.3) is 0 Å². The van der Waals surface area contributed by atoms with E-state index in [-0.39, 0.29) is 0 Å². The zero-order chi connectivity index (χ0) is 24.4. The molecule has 190 valence electrons. The first kappa shape index (κ1) is 28.4. The lowest BCUT2D eigenvalue weighted by Gasteiger charge is -2.39. The molecule has 0 radical (unpaired) electrons. The van der Waals surface area contributed by atoms with Gasteiger partial charge in [0.1, 0.15) is 0 Å². The third-order valence-corrected chi connectivity index (χ3v) is 8.86. The second-order valence-corrected chi connectivity index (χ2v) is 12.9. The fraction of sp³-hybridized carbons (Fsp3) is 0.844. The monoisotopic (exact) mass is 455 g/mol. The van der Waals surface area contributed by atoms with Crippen molar-refractivity contribution in [1.29, 1.82) is 0 Å². The highest BCUT2D eigenvalue weighted by Crippen LogP contribution is 2.43. The Morgan fingerprint density at radius 3 is 2.12 bits per heavy atom. The lowest BCUT2D eigenvalue weighted by molar-refractivity contribution is 0.116. The summed E-state index contributed by atoms with van der Waals surface area (Å²) in [5.41, 5.74) is 3.61. The van der Waals surface area contributed by atoms with Crippen LogP contribution in [-0.2, 0) is 6.42 Å². The van der Waals surface area contributed by atoms with Crippen molar-refractivity contribution in [3.63, 3.8) is 0 Å². The van der Waals surface area contributed by atoms with Crippen LogP contribution in [0.25, 0.3) is 0 Å². The van der Waals surface area contributed by atoms with Gasteiger partial charge in [0, 0.05) is 12.4 Å². The van der Waals surface area contributed by atoms with Crippen LogP contribution in [0.1, 0.15) is 143 Å². The van der Waals surface area contributed by atoms with Gasteiger partial charge in [0.2, 0.25) is 0 Å². The number of pyridine rings is 1. The zero-order valence-electron chi connectivity index (χ0n) is 23.6. The normalized spacial score (nSPS) is 26.8. The van der Waals surface area contributed by atoms with Gasteiger partial charge in [0.15, 0.2) is 0 Å². The molecule has 3 atom stereocenters. The summed E-state index contributed by atoms with van der Waals surface area (Å²) in [6, 6.07) is 2.18. The fourth-order valence-corrected chi connectivity index (χ4v) is 6.43.